The molecule has 0 saturated carbocycles. The zero-order valence-corrected chi connectivity index (χ0v) is 11.5. The summed E-state index contributed by atoms with van der Waals surface area (Å²) < 4.78 is 0. The van der Waals surface area contributed by atoms with Crippen molar-refractivity contribution in [2.24, 2.45) is 0 Å². The minimum atomic E-state index is -0.403. The minimum absolute atomic E-state index is 0.157. The Morgan fingerprint density at radius 3 is 2.65 bits per heavy atom. The summed E-state index contributed by atoms with van der Waals surface area (Å²) in [6.45, 7) is 0. The molecule has 1 amide bonds. The minimum Gasteiger partial charge on any atom is -0.382 e. The number of nitrogens with one attached hydrogen (secondary N) is 1. The second-order valence-corrected chi connectivity index (χ2v) is 4.67. The van der Waals surface area contributed by atoms with Gasteiger partial charge in [-0.1, -0.05) is 23.2 Å². The van der Waals surface area contributed by atoms with Crippen molar-refractivity contribution < 1.29 is 4.79 Å². The number of hydrogen-bond donors (Lipinski definition) is 2. The summed E-state index contributed by atoms with van der Waals surface area (Å²) in [6, 6.07) is 7.94. The van der Waals surface area contributed by atoms with E-state index in [2.05, 4.69) is 10.3 Å². The van der Waals surface area contributed by atoms with Crippen molar-refractivity contribution >= 4 is 40.6 Å². The standard InChI is InChI=1S/C13H8Cl2N4O/c14-10-4-9(2-1-7(10)5-16)19-13(20)8-3-11(15)12(17)18-6-8/h1-4,6H,(H2,17,18)(H,19,20). The molecule has 0 radical (unpaired) electrons. The maximum Gasteiger partial charge on any atom is 0.257 e. The van der Waals surface area contributed by atoms with Gasteiger partial charge in [0.1, 0.15) is 11.9 Å². The number of nitrogens with two attached hydrogens (primary N) is 1. The highest BCUT2D eigenvalue weighted by Gasteiger charge is 2.10. The Labute approximate surface area is 124 Å². The number of benzene rings is 1. The fourth-order valence-electron chi connectivity index (χ4n) is 1.46. The zero-order valence-electron chi connectivity index (χ0n) is 10.0. The lowest BCUT2D eigenvalue weighted by Gasteiger charge is -2.07. The van der Waals surface area contributed by atoms with Gasteiger partial charge in [-0.05, 0) is 24.3 Å². The van der Waals surface area contributed by atoms with E-state index in [1.165, 1.54) is 24.4 Å². The number of nitrogen functional groups attached to an aromatic ring is 1. The fraction of sp³-hybridized carbons (Fsp3) is 0. The Morgan fingerprint density at radius 1 is 1.30 bits per heavy atom. The number of aromatic nitrogens is 1. The van der Waals surface area contributed by atoms with Crippen molar-refractivity contribution in [3.8, 4) is 6.07 Å². The Hall–Kier alpha value is -2.29. The number of nitriles is 1. The topological polar surface area (TPSA) is 91.8 Å². The van der Waals surface area contributed by atoms with E-state index in [1.807, 2.05) is 6.07 Å². The van der Waals surface area contributed by atoms with Gasteiger partial charge in [-0.15, -0.1) is 0 Å². The molecule has 7 heteroatoms. The third-order valence-corrected chi connectivity index (χ3v) is 3.09. The first-order chi connectivity index (χ1) is 9.51. The van der Waals surface area contributed by atoms with Crippen LogP contribution in [-0.2, 0) is 0 Å². The molecule has 5 nitrogen and oxygen atoms in total. The average Bonchev–Trinajstić information content (AvgIpc) is 2.42. The van der Waals surface area contributed by atoms with Crippen LogP contribution in [0.15, 0.2) is 30.5 Å². The molecule has 0 atom stereocenters. The highest BCUT2D eigenvalue weighted by atomic mass is 35.5. The van der Waals surface area contributed by atoms with Gasteiger partial charge in [-0.2, -0.15) is 5.26 Å². The van der Waals surface area contributed by atoms with E-state index in [9.17, 15) is 4.79 Å². The molecule has 1 aromatic carbocycles. The third kappa shape index (κ3) is 2.99. The van der Waals surface area contributed by atoms with Crippen LogP contribution >= 0.6 is 23.2 Å². The summed E-state index contributed by atoms with van der Waals surface area (Å²) in [5.41, 5.74) is 6.54. The molecule has 0 fully saturated rings. The molecule has 100 valence electrons. The number of pyridine rings is 1. The van der Waals surface area contributed by atoms with Gasteiger partial charge in [0.2, 0.25) is 0 Å². The summed E-state index contributed by atoms with van der Waals surface area (Å²) in [4.78, 5) is 15.8. The van der Waals surface area contributed by atoms with E-state index in [1.54, 1.807) is 6.07 Å². The first-order valence-corrected chi connectivity index (χ1v) is 6.19. The normalized spacial score (nSPS) is 9.85. The molecule has 0 aliphatic carbocycles. The zero-order chi connectivity index (χ0) is 14.7. The Bertz CT molecular complexity index is 725. The Kier molecular flexibility index (Phi) is 4.08. The molecule has 2 rings (SSSR count). The van der Waals surface area contributed by atoms with Gasteiger partial charge < -0.3 is 11.1 Å². The number of carbonyl (C=O) groups excluding carboxylic acids is 1. The van der Waals surface area contributed by atoms with Crippen molar-refractivity contribution in [2.45, 2.75) is 0 Å². The largest absolute Gasteiger partial charge is 0.382 e. The van der Waals surface area contributed by atoms with Crippen LogP contribution < -0.4 is 11.1 Å². The summed E-state index contributed by atoms with van der Waals surface area (Å²) >= 11 is 11.7. The van der Waals surface area contributed by atoms with Crippen LogP contribution in [0.5, 0.6) is 0 Å². The fourth-order valence-corrected chi connectivity index (χ4v) is 1.85. The Balaban J connectivity index is 2.21. The van der Waals surface area contributed by atoms with Crippen LogP contribution in [0.3, 0.4) is 0 Å². The van der Waals surface area contributed by atoms with Crippen LogP contribution in [0.2, 0.25) is 10.0 Å². The molecule has 1 heterocycles. The highest BCUT2D eigenvalue weighted by molar-refractivity contribution is 6.33. The molecular formula is C13H8Cl2N4O. The molecule has 0 aliphatic heterocycles. The van der Waals surface area contributed by atoms with Crippen molar-refractivity contribution in [1.82, 2.24) is 4.98 Å². The average molecular weight is 307 g/mol. The van der Waals surface area contributed by atoms with Crippen LogP contribution in [0.4, 0.5) is 11.5 Å². The maximum atomic E-state index is 12.0. The van der Waals surface area contributed by atoms with Gasteiger partial charge in [0.15, 0.2) is 0 Å². The predicted octanol–water partition coefficient (Wildman–Crippen LogP) is 3.09. The number of hydrogen-bond acceptors (Lipinski definition) is 4. The predicted molar refractivity (Wildman–Crippen MR) is 77.8 cm³/mol. The van der Waals surface area contributed by atoms with Gasteiger partial charge >= 0.3 is 0 Å². The quantitative estimate of drug-likeness (QED) is 0.891. The summed E-state index contributed by atoms with van der Waals surface area (Å²) in [5.74, 6) is -0.246. The molecule has 0 bridgehead atoms. The van der Waals surface area contributed by atoms with Gasteiger partial charge in [0.05, 0.1) is 21.2 Å². The molecule has 0 saturated heterocycles. The van der Waals surface area contributed by atoms with Gasteiger partial charge in [-0.25, -0.2) is 4.98 Å². The molecule has 3 N–H and O–H groups in total. The number of amides is 1. The Morgan fingerprint density at radius 2 is 2.05 bits per heavy atom. The van der Waals surface area contributed by atoms with Crippen LogP contribution in [0.25, 0.3) is 0 Å². The first kappa shape index (κ1) is 14.1. The van der Waals surface area contributed by atoms with E-state index >= 15 is 0 Å². The number of anilines is 2. The lowest BCUT2D eigenvalue weighted by molar-refractivity contribution is 0.102. The van der Waals surface area contributed by atoms with Gasteiger partial charge in [0, 0.05) is 11.9 Å². The lowest BCUT2D eigenvalue weighted by Crippen LogP contribution is -2.12. The third-order valence-electron chi connectivity index (χ3n) is 2.48. The van der Waals surface area contributed by atoms with Gasteiger partial charge in [-0.3, -0.25) is 4.79 Å². The molecule has 20 heavy (non-hydrogen) atoms. The van der Waals surface area contributed by atoms with E-state index in [0.717, 1.165) is 0 Å². The summed E-state index contributed by atoms with van der Waals surface area (Å²) in [7, 11) is 0. The van der Waals surface area contributed by atoms with Crippen LogP contribution in [0, 0.1) is 11.3 Å². The van der Waals surface area contributed by atoms with Crippen molar-refractivity contribution in [2.75, 3.05) is 11.1 Å². The summed E-state index contributed by atoms with van der Waals surface area (Å²) in [5, 5.41) is 11.9. The molecule has 2 aromatic rings. The van der Waals surface area contributed by atoms with E-state index in [4.69, 9.17) is 34.2 Å². The number of nitrogens with zero attached hydrogens (tertiary/aromatic N) is 2. The molecule has 0 unspecified atom stereocenters. The van der Waals surface area contributed by atoms with Crippen LogP contribution in [-0.4, -0.2) is 10.9 Å². The first-order valence-electron chi connectivity index (χ1n) is 5.43. The van der Waals surface area contributed by atoms with Crippen molar-refractivity contribution in [1.29, 1.82) is 5.26 Å². The number of rotatable bonds is 2. The maximum absolute atomic E-state index is 12.0. The smallest absolute Gasteiger partial charge is 0.257 e. The summed E-state index contributed by atoms with van der Waals surface area (Å²) in [6.07, 6.45) is 1.32. The van der Waals surface area contributed by atoms with E-state index < -0.39 is 5.91 Å². The lowest BCUT2D eigenvalue weighted by atomic mass is 10.2. The highest BCUT2D eigenvalue weighted by Crippen LogP contribution is 2.21. The number of carbonyl (C=O) groups is 1. The van der Waals surface area contributed by atoms with Crippen molar-refractivity contribution in [3.63, 3.8) is 0 Å². The number of halogens is 2. The molecule has 0 aliphatic rings. The van der Waals surface area contributed by atoms with E-state index in [-0.39, 0.29) is 21.4 Å². The monoisotopic (exact) mass is 306 g/mol. The molecule has 1 aromatic heterocycles. The molecule has 0 spiro atoms. The second kappa shape index (κ2) is 5.78. The SMILES string of the molecule is N#Cc1ccc(NC(=O)c2cnc(N)c(Cl)c2)cc1Cl. The van der Waals surface area contributed by atoms with Crippen LogP contribution in [0.1, 0.15) is 15.9 Å². The van der Waals surface area contributed by atoms with Crippen molar-refractivity contribution in [3.05, 3.63) is 51.6 Å². The molecular weight excluding hydrogens is 299 g/mol. The van der Waals surface area contributed by atoms with E-state index in [0.29, 0.717) is 11.3 Å². The second-order valence-electron chi connectivity index (χ2n) is 3.85. The van der Waals surface area contributed by atoms with Gasteiger partial charge in [0.25, 0.3) is 5.91 Å².